The van der Waals surface area contributed by atoms with Gasteiger partial charge in [0.25, 0.3) is 0 Å². The number of ether oxygens (including phenoxy) is 1. The minimum absolute atomic E-state index is 0.466. The average molecular weight is 267 g/mol. The second-order valence-electron chi connectivity index (χ2n) is 6.47. The third-order valence-corrected chi connectivity index (χ3v) is 5.05. The van der Waals surface area contributed by atoms with E-state index in [1.165, 1.54) is 58.4 Å². The maximum absolute atomic E-state index is 5.91. The Kier molecular flexibility index (Phi) is 4.74. The molecule has 0 spiro atoms. The molecule has 0 bridgehead atoms. The number of nitrogens with zero attached hydrogens (tertiary/aromatic N) is 3. The fourth-order valence-electron chi connectivity index (χ4n) is 3.82. The zero-order chi connectivity index (χ0) is 13.1. The molecule has 0 N–H and O–H groups in total. The molecule has 0 aromatic heterocycles. The summed E-state index contributed by atoms with van der Waals surface area (Å²) in [5.74, 6) is 0. The summed E-state index contributed by atoms with van der Waals surface area (Å²) in [5, 5.41) is 0. The van der Waals surface area contributed by atoms with Gasteiger partial charge in [-0.05, 0) is 52.5 Å². The Bertz CT molecular complexity index is 281. The molecule has 3 fully saturated rings. The van der Waals surface area contributed by atoms with Gasteiger partial charge in [0.05, 0.1) is 12.7 Å². The van der Waals surface area contributed by atoms with Crippen LogP contribution in [-0.2, 0) is 4.74 Å². The van der Waals surface area contributed by atoms with Crippen LogP contribution in [0, 0.1) is 0 Å². The third-order valence-electron chi connectivity index (χ3n) is 5.05. The van der Waals surface area contributed by atoms with E-state index in [1.807, 2.05) is 0 Å². The molecule has 3 heterocycles. The van der Waals surface area contributed by atoms with Gasteiger partial charge in [0, 0.05) is 25.7 Å². The summed E-state index contributed by atoms with van der Waals surface area (Å²) < 4.78 is 5.91. The number of rotatable bonds is 4. The quantitative estimate of drug-likeness (QED) is 0.752. The van der Waals surface area contributed by atoms with Gasteiger partial charge in [0.1, 0.15) is 0 Å². The molecular weight excluding hydrogens is 238 g/mol. The van der Waals surface area contributed by atoms with Crippen molar-refractivity contribution in [2.45, 2.75) is 37.8 Å². The number of likely N-dealkylation sites (tertiary alicyclic amines) is 2. The van der Waals surface area contributed by atoms with Gasteiger partial charge in [0.2, 0.25) is 0 Å². The van der Waals surface area contributed by atoms with Crippen LogP contribution >= 0.6 is 0 Å². The summed E-state index contributed by atoms with van der Waals surface area (Å²) in [4.78, 5) is 7.75. The molecule has 4 nitrogen and oxygen atoms in total. The van der Waals surface area contributed by atoms with Crippen LogP contribution in [0.1, 0.15) is 25.7 Å². The summed E-state index contributed by atoms with van der Waals surface area (Å²) in [6.07, 6.45) is 6.05. The van der Waals surface area contributed by atoms with Crippen molar-refractivity contribution in [1.29, 1.82) is 0 Å². The number of hydrogen-bond donors (Lipinski definition) is 0. The SMILES string of the molecule is CN1CCO[C@H]2CN(CCCN3CCCCC3)C[C@@H]21. The van der Waals surface area contributed by atoms with Crippen molar-refractivity contribution in [1.82, 2.24) is 14.7 Å². The molecule has 2 atom stereocenters. The van der Waals surface area contributed by atoms with Crippen molar-refractivity contribution in [3.8, 4) is 0 Å². The predicted octanol–water partition coefficient (Wildman–Crippen LogP) is 0.877. The lowest BCUT2D eigenvalue weighted by Crippen LogP contribution is -2.48. The van der Waals surface area contributed by atoms with Crippen LogP contribution in [0.3, 0.4) is 0 Å². The molecule has 3 aliphatic rings. The van der Waals surface area contributed by atoms with Crippen LogP contribution in [-0.4, -0.2) is 86.3 Å². The molecule has 110 valence electrons. The van der Waals surface area contributed by atoms with E-state index in [4.69, 9.17) is 4.74 Å². The molecular formula is C15H29N3O. The molecule has 0 amide bonds. The molecule has 0 unspecified atom stereocenters. The molecule has 4 heteroatoms. The second kappa shape index (κ2) is 6.53. The zero-order valence-electron chi connectivity index (χ0n) is 12.4. The van der Waals surface area contributed by atoms with Gasteiger partial charge in [-0.1, -0.05) is 6.42 Å². The van der Waals surface area contributed by atoms with Crippen LogP contribution in [0.15, 0.2) is 0 Å². The predicted molar refractivity (Wildman–Crippen MR) is 77.5 cm³/mol. The molecule has 0 aromatic rings. The van der Waals surface area contributed by atoms with E-state index in [-0.39, 0.29) is 0 Å². The van der Waals surface area contributed by atoms with E-state index in [1.54, 1.807) is 0 Å². The van der Waals surface area contributed by atoms with Gasteiger partial charge in [-0.2, -0.15) is 0 Å². The van der Waals surface area contributed by atoms with E-state index in [2.05, 4.69) is 21.7 Å². The standard InChI is InChI=1S/C15H29N3O/c1-16-10-11-19-15-13-18(12-14(15)16)9-5-8-17-6-3-2-4-7-17/h14-15H,2-13H2,1H3/t14-,15-/m0/s1. The first-order valence-electron chi connectivity index (χ1n) is 8.09. The van der Waals surface area contributed by atoms with Crippen LogP contribution in [0.4, 0.5) is 0 Å². The molecule has 3 aliphatic heterocycles. The van der Waals surface area contributed by atoms with Crippen LogP contribution in [0.2, 0.25) is 0 Å². The van der Waals surface area contributed by atoms with E-state index in [0.29, 0.717) is 12.1 Å². The van der Waals surface area contributed by atoms with Gasteiger partial charge in [-0.15, -0.1) is 0 Å². The molecule has 0 saturated carbocycles. The van der Waals surface area contributed by atoms with Crippen LogP contribution in [0.5, 0.6) is 0 Å². The number of morpholine rings is 1. The van der Waals surface area contributed by atoms with Crippen molar-refractivity contribution in [2.75, 3.05) is 59.5 Å². The van der Waals surface area contributed by atoms with E-state index >= 15 is 0 Å². The first-order chi connectivity index (χ1) is 9.33. The Labute approximate surface area is 117 Å². The van der Waals surface area contributed by atoms with Crippen LogP contribution < -0.4 is 0 Å². The molecule has 0 aromatic carbocycles. The highest BCUT2D eigenvalue weighted by Gasteiger charge is 2.38. The normalized spacial score (nSPS) is 34.6. The fraction of sp³-hybridized carbons (Fsp3) is 1.00. The van der Waals surface area contributed by atoms with E-state index < -0.39 is 0 Å². The van der Waals surface area contributed by atoms with Crippen LogP contribution in [0.25, 0.3) is 0 Å². The monoisotopic (exact) mass is 267 g/mol. The van der Waals surface area contributed by atoms with Gasteiger partial charge in [0.15, 0.2) is 0 Å². The molecule has 0 aliphatic carbocycles. The molecule has 19 heavy (non-hydrogen) atoms. The third kappa shape index (κ3) is 3.48. The smallest absolute Gasteiger partial charge is 0.0869 e. The zero-order valence-corrected chi connectivity index (χ0v) is 12.4. The Morgan fingerprint density at radius 2 is 1.74 bits per heavy atom. The van der Waals surface area contributed by atoms with Crippen molar-refractivity contribution < 1.29 is 4.74 Å². The Balaban J connectivity index is 1.37. The van der Waals surface area contributed by atoms with Crippen molar-refractivity contribution >= 4 is 0 Å². The maximum atomic E-state index is 5.91. The highest BCUT2D eigenvalue weighted by molar-refractivity contribution is 4.93. The minimum Gasteiger partial charge on any atom is -0.374 e. The van der Waals surface area contributed by atoms with Gasteiger partial charge < -0.3 is 9.64 Å². The highest BCUT2D eigenvalue weighted by atomic mass is 16.5. The Morgan fingerprint density at radius 3 is 2.53 bits per heavy atom. The van der Waals surface area contributed by atoms with E-state index in [9.17, 15) is 0 Å². The number of fused-ring (bicyclic) bond motifs is 1. The largest absolute Gasteiger partial charge is 0.374 e. The summed E-state index contributed by atoms with van der Waals surface area (Å²) in [6.45, 7) is 9.58. The summed E-state index contributed by atoms with van der Waals surface area (Å²) in [7, 11) is 2.25. The minimum atomic E-state index is 0.466. The van der Waals surface area contributed by atoms with Gasteiger partial charge >= 0.3 is 0 Å². The van der Waals surface area contributed by atoms with Gasteiger partial charge in [-0.3, -0.25) is 9.80 Å². The second-order valence-corrected chi connectivity index (χ2v) is 6.47. The average Bonchev–Trinajstić information content (AvgIpc) is 2.84. The van der Waals surface area contributed by atoms with Gasteiger partial charge in [-0.25, -0.2) is 0 Å². The van der Waals surface area contributed by atoms with Crippen molar-refractivity contribution in [3.63, 3.8) is 0 Å². The van der Waals surface area contributed by atoms with Crippen molar-refractivity contribution in [3.05, 3.63) is 0 Å². The topological polar surface area (TPSA) is 19.0 Å². The Morgan fingerprint density at radius 1 is 0.947 bits per heavy atom. The summed E-state index contributed by atoms with van der Waals surface area (Å²) >= 11 is 0. The summed E-state index contributed by atoms with van der Waals surface area (Å²) in [6, 6.07) is 0.642. The fourth-order valence-corrected chi connectivity index (χ4v) is 3.82. The molecule has 3 saturated heterocycles. The maximum Gasteiger partial charge on any atom is 0.0869 e. The lowest BCUT2D eigenvalue weighted by molar-refractivity contribution is -0.0369. The lowest BCUT2D eigenvalue weighted by atomic mass is 10.1. The number of likely N-dealkylation sites (N-methyl/N-ethyl adjacent to an activating group) is 1. The number of piperidine rings is 1. The Hall–Kier alpha value is -0.160. The first-order valence-corrected chi connectivity index (χ1v) is 8.09. The highest BCUT2D eigenvalue weighted by Crippen LogP contribution is 2.21. The lowest BCUT2D eigenvalue weighted by Gasteiger charge is -2.33. The molecule has 3 rings (SSSR count). The summed E-state index contributed by atoms with van der Waals surface area (Å²) in [5.41, 5.74) is 0. The first kappa shape index (κ1) is 13.8. The van der Waals surface area contributed by atoms with Crippen molar-refractivity contribution in [2.24, 2.45) is 0 Å². The molecule has 0 radical (unpaired) electrons. The van der Waals surface area contributed by atoms with E-state index in [0.717, 1.165) is 19.7 Å². The number of hydrogen-bond acceptors (Lipinski definition) is 4.